The number of carbonyl (C=O) groups is 2. The zero-order valence-electron chi connectivity index (χ0n) is 15.9. The Hall–Kier alpha value is -3.52. The largest absolute Gasteiger partial charge is 0.349 e. The fourth-order valence-corrected chi connectivity index (χ4v) is 3.34. The highest BCUT2D eigenvalue weighted by molar-refractivity contribution is 5.98. The Balaban J connectivity index is 1.32. The van der Waals surface area contributed by atoms with Gasteiger partial charge in [0.2, 0.25) is 5.95 Å². The average molecular weight is 391 g/mol. The lowest BCUT2D eigenvalue weighted by atomic mass is 10.1. The van der Waals surface area contributed by atoms with Crippen LogP contribution in [0.1, 0.15) is 27.1 Å². The van der Waals surface area contributed by atoms with Crippen LogP contribution in [0.2, 0.25) is 0 Å². The number of fused-ring (bicyclic) bond motifs is 1. The van der Waals surface area contributed by atoms with Crippen molar-refractivity contribution in [2.75, 3.05) is 18.5 Å². The normalized spacial score (nSPS) is 17.6. The van der Waals surface area contributed by atoms with Gasteiger partial charge in [-0.3, -0.25) is 14.8 Å². The molecule has 0 saturated heterocycles. The van der Waals surface area contributed by atoms with Crippen LogP contribution in [0, 0.1) is 5.92 Å². The third-order valence-corrected chi connectivity index (χ3v) is 5.10. The Labute approximate surface area is 167 Å². The Bertz CT molecular complexity index is 1050. The summed E-state index contributed by atoms with van der Waals surface area (Å²) in [5.41, 5.74) is 2.38. The summed E-state index contributed by atoms with van der Waals surface area (Å²) < 4.78 is 0. The predicted octanol–water partition coefficient (Wildman–Crippen LogP) is 2.00. The van der Waals surface area contributed by atoms with Crippen molar-refractivity contribution in [2.45, 2.75) is 12.5 Å². The van der Waals surface area contributed by atoms with Gasteiger partial charge in [0.1, 0.15) is 0 Å². The number of hydrogen-bond donors (Lipinski definition) is 3. The van der Waals surface area contributed by atoms with Crippen molar-refractivity contribution in [2.24, 2.45) is 5.92 Å². The van der Waals surface area contributed by atoms with Crippen LogP contribution in [0.15, 0.2) is 54.9 Å². The number of anilines is 1. The molecule has 8 heteroatoms. The van der Waals surface area contributed by atoms with Gasteiger partial charge in [0, 0.05) is 37.6 Å². The monoisotopic (exact) mass is 391 g/mol. The fourth-order valence-electron chi connectivity index (χ4n) is 3.34. The second-order valence-corrected chi connectivity index (χ2v) is 7.23. The van der Waals surface area contributed by atoms with Gasteiger partial charge in [0.15, 0.2) is 0 Å². The smallest absolute Gasteiger partial charge is 0.277 e. The lowest BCUT2D eigenvalue weighted by Gasteiger charge is -2.17. The van der Waals surface area contributed by atoms with Crippen molar-refractivity contribution in [3.05, 3.63) is 66.0 Å². The summed E-state index contributed by atoms with van der Waals surface area (Å²) in [5, 5.41) is 13.9. The number of hydroxylamine groups is 1. The van der Waals surface area contributed by atoms with Crippen LogP contribution in [0.25, 0.3) is 10.8 Å². The van der Waals surface area contributed by atoms with E-state index in [1.807, 2.05) is 54.4 Å². The molecule has 0 radical (unpaired) electrons. The number of amides is 2. The first-order valence-electron chi connectivity index (χ1n) is 9.32. The molecule has 2 unspecified atom stereocenters. The van der Waals surface area contributed by atoms with Gasteiger partial charge in [0.05, 0.1) is 5.56 Å². The van der Waals surface area contributed by atoms with Crippen molar-refractivity contribution in [1.82, 2.24) is 20.8 Å². The maximum Gasteiger partial charge on any atom is 0.277 e. The third kappa shape index (κ3) is 4.17. The molecule has 148 valence electrons. The molecule has 2 atom stereocenters. The first-order valence-corrected chi connectivity index (χ1v) is 9.32. The van der Waals surface area contributed by atoms with Gasteiger partial charge in [-0.25, -0.2) is 15.4 Å². The summed E-state index contributed by atoms with van der Waals surface area (Å²) in [6.07, 6.45) is 3.61. The Morgan fingerprint density at radius 2 is 1.79 bits per heavy atom. The Kier molecular flexibility index (Phi) is 5.09. The van der Waals surface area contributed by atoms with Gasteiger partial charge >= 0.3 is 0 Å². The maximum atomic E-state index is 12.6. The molecule has 1 saturated carbocycles. The van der Waals surface area contributed by atoms with Gasteiger partial charge < -0.3 is 10.2 Å². The van der Waals surface area contributed by atoms with Crippen molar-refractivity contribution >= 4 is 28.5 Å². The van der Waals surface area contributed by atoms with Crippen LogP contribution in [0.3, 0.4) is 0 Å². The molecule has 1 heterocycles. The minimum absolute atomic E-state index is 0.0680. The molecule has 0 spiro atoms. The molecule has 1 aliphatic rings. The zero-order valence-corrected chi connectivity index (χ0v) is 15.9. The highest BCUT2D eigenvalue weighted by Gasteiger charge is 2.39. The lowest BCUT2D eigenvalue weighted by molar-refractivity contribution is 0.0705. The van der Waals surface area contributed by atoms with Gasteiger partial charge in [-0.05, 0) is 35.2 Å². The van der Waals surface area contributed by atoms with Crippen LogP contribution in [0.5, 0.6) is 0 Å². The molecule has 1 aromatic heterocycles. The zero-order chi connectivity index (χ0) is 20.4. The number of nitrogens with one attached hydrogen (secondary N) is 2. The number of hydrogen-bond acceptors (Lipinski definition) is 6. The van der Waals surface area contributed by atoms with Gasteiger partial charge in [-0.2, -0.15) is 0 Å². The first-order chi connectivity index (χ1) is 14.0. The molecule has 0 aliphatic heterocycles. The van der Waals surface area contributed by atoms with E-state index in [9.17, 15) is 9.59 Å². The summed E-state index contributed by atoms with van der Waals surface area (Å²) >= 11 is 0. The quantitative estimate of drug-likeness (QED) is 0.438. The lowest BCUT2D eigenvalue weighted by Crippen LogP contribution is -2.30. The predicted molar refractivity (Wildman–Crippen MR) is 108 cm³/mol. The van der Waals surface area contributed by atoms with Crippen molar-refractivity contribution in [1.29, 1.82) is 0 Å². The molecule has 2 amide bonds. The SMILES string of the molecule is CN(CC1CC1NC(=O)c1ccc2ccccc2c1)c1ncc(C(=O)NO)cn1. The van der Waals surface area contributed by atoms with E-state index in [2.05, 4.69) is 15.3 Å². The summed E-state index contributed by atoms with van der Waals surface area (Å²) in [6.45, 7) is 0.689. The molecule has 0 bridgehead atoms. The molecule has 3 N–H and O–H groups in total. The first kappa shape index (κ1) is 18.8. The highest BCUT2D eigenvalue weighted by Crippen LogP contribution is 2.32. The number of aromatic nitrogens is 2. The van der Waals surface area contributed by atoms with E-state index in [0.717, 1.165) is 17.2 Å². The molecule has 1 fully saturated rings. The molecule has 8 nitrogen and oxygen atoms in total. The van der Waals surface area contributed by atoms with Crippen LogP contribution in [0.4, 0.5) is 5.95 Å². The second kappa shape index (κ2) is 7.84. The molecular weight excluding hydrogens is 370 g/mol. The average Bonchev–Trinajstić information content (AvgIpc) is 3.49. The van der Waals surface area contributed by atoms with E-state index in [-0.39, 0.29) is 17.5 Å². The molecule has 3 aromatic rings. The minimum Gasteiger partial charge on any atom is -0.349 e. The fraction of sp³-hybridized carbons (Fsp3) is 0.238. The number of rotatable bonds is 6. The van der Waals surface area contributed by atoms with Crippen molar-refractivity contribution in [3.63, 3.8) is 0 Å². The minimum atomic E-state index is -0.655. The van der Waals surface area contributed by atoms with E-state index in [4.69, 9.17) is 5.21 Å². The van der Waals surface area contributed by atoms with Crippen LogP contribution in [-0.4, -0.2) is 46.6 Å². The van der Waals surface area contributed by atoms with Crippen LogP contribution < -0.4 is 15.7 Å². The summed E-state index contributed by atoms with van der Waals surface area (Å²) in [7, 11) is 1.86. The molecule has 2 aromatic carbocycles. The van der Waals surface area contributed by atoms with Gasteiger partial charge in [0.25, 0.3) is 11.8 Å². The molecule has 4 rings (SSSR count). The number of carbonyl (C=O) groups excluding carboxylic acids is 2. The topological polar surface area (TPSA) is 107 Å². The van der Waals surface area contributed by atoms with E-state index in [0.29, 0.717) is 24.0 Å². The Morgan fingerprint density at radius 1 is 1.07 bits per heavy atom. The Morgan fingerprint density at radius 3 is 2.52 bits per heavy atom. The third-order valence-electron chi connectivity index (χ3n) is 5.10. The van der Waals surface area contributed by atoms with E-state index < -0.39 is 5.91 Å². The maximum absolute atomic E-state index is 12.6. The van der Waals surface area contributed by atoms with E-state index in [1.165, 1.54) is 12.4 Å². The van der Waals surface area contributed by atoms with Gasteiger partial charge in [-0.15, -0.1) is 0 Å². The molecular formula is C21H21N5O3. The van der Waals surface area contributed by atoms with E-state index in [1.54, 1.807) is 5.48 Å². The number of nitrogens with zero attached hydrogens (tertiary/aromatic N) is 3. The van der Waals surface area contributed by atoms with Crippen LogP contribution in [-0.2, 0) is 0 Å². The summed E-state index contributed by atoms with van der Waals surface area (Å²) in [6, 6.07) is 13.8. The molecule has 1 aliphatic carbocycles. The highest BCUT2D eigenvalue weighted by atomic mass is 16.5. The standard InChI is InChI=1S/C21H21N5O3/c1-26(21-22-10-17(11-23-21)20(28)25-29)12-16-9-18(16)24-19(27)15-7-6-13-4-2-3-5-14(13)8-15/h2-8,10-11,16,18,29H,9,12H2,1H3,(H,24,27)(H,25,28). The summed E-state index contributed by atoms with van der Waals surface area (Å²) in [4.78, 5) is 34.1. The van der Waals surface area contributed by atoms with Crippen molar-refractivity contribution < 1.29 is 14.8 Å². The van der Waals surface area contributed by atoms with Crippen LogP contribution >= 0.6 is 0 Å². The molecule has 29 heavy (non-hydrogen) atoms. The summed E-state index contributed by atoms with van der Waals surface area (Å²) in [5.74, 6) is 0.0683. The second-order valence-electron chi connectivity index (χ2n) is 7.23. The van der Waals surface area contributed by atoms with Gasteiger partial charge in [-0.1, -0.05) is 30.3 Å². The van der Waals surface area contributed by atoms with E-state index >= 15 is 0 Å². The van der Waals surface area contributed by atoms with Crippen molar-refractivity contribution in [3.8, 4) is 0 Å². The number of benzene rings is 2.